The second-order valence-corrected chi connectivity index (χ2v) is 2.79. The summed E-state index contributed by atoms with van der Waals surface area (Å²) in [5, 5.41) is 8.31. The van der Waals surface area contributed by atoms with E-state index < -0.39 is 12.4 Å². The van der Waals surface area contributed by atoms with Crippen molar-refractivity contribution >= 4 is 5.97 Å². The molecule has 0 aliphatic rings. The van der Waals surface area contributed by atoms with Crippen molar-refractivity contribution in [3.05, 3.63) is 35.4 Å². The van der Waals surface area contributed by atoms with Gasteiger partial charge in [-0.25, -0.2) is 8.78 Å². The molecule has 1 aromatic rings. The van der Waals surface area contributed by atoms with Gasteiger partial charge in [-0.15, -0.1) is 0 Å². The molecule has 0 heterocycles. The van der Waals surface area contributed by atoms with Gasteiger partial charge in [0, 0.05) is 11.1 Å². The van der Waals surface area contributed by atoms with E-state index in [1.807, 2.05) is 0 Å². The van der Waals surface area contributed by atoms with Crippen molar-refractivity contribution in [3.8, 4) is 11.8 Å². The minimum Gasteiger partial charge on any atom is -0.481 e. The number of hydrogen-bond donors (Lipinski definition) is 1. The Morgan fingerprint density at radius 2 is 1.93 bits per heavy atom. The molecule has 15 heavy (non-hydrogen) atoms. The standard InChI is InChI=1S/C11H8F2O2/c12-11(13)9-6-4-8(5-7-9)2-1-3-10(14)15/h4-7,11H,3H2,(H,14,15). The van der Waals surface area contributed by atoms with E-state index in [-0.39, 0.29) is 12.0 Å². The second kappa shape index (κ2) is 5.11. The molecule has 0 saturated carbocycles. The third kappa shape index (κ3) is 3.77. The Balaban J connectivity index is 2.71. The van der Waals surface area contributed by atoms with Gasteiger partial charge in [-0.05, 0) is 12.1 Å². The van der Waals surface area contributed by atoms with Crippen LogP contribution < -0.4 is 0 Å². The largest absolute Gasteiger partial charge is 0.481 e. The number of alkyl halides is 2. The van der Waals surface area contributed by atoms with Crippen molar-refractivity contribution in [2.75, 3.05) is 0 Å². The van der Waals surface area contributed by atoms with Gasteiger partial charge < -0.3 is 5.11 Å². The van der Waals surface area contributed by atoms with Gasteiger partial charge in [0.1, 0.15) is 6.42 Å². The lowest BCUT2D eigenvalue weighted by atomic mass is 10.1. The highest BCUT2D eigenvalue weighted by molar-refractivity contribution is 5.70. The quantitative estimate of drug-likeness (QED) is 0.761. The molecule has 0 saturated heterocycles. The monoisotopic (exact) mass is 210 g/mol. The summed E-state index contributed by atoms with van der Waals surface area (Å²) in [7, 11) is 0. The maximum atomic E-state index is 12.1. The molecule has 2 nitrogen and oxygen atoms in total. The van der Waals surface area contributed by atoms with Gasteiger partial charge in [-0.3, -0.25) is 4.79 Å². The lowest BCUT2D eigenvalue weighted by Gasteiger charge is -1.97. The predicted octanol–water partition coefficient (Wildman–Crippen LogP) is 2.45. The highest BCUT2D eigenvalue weighted by Gasteiger charge is 2.04. The Morgan fingerprint density at radius 3 is 2.40 bits per heavy atom. The molecule has 4 heteroatoms. The number of halogens is 2. The topological polar surface area (TPSA) is 37.3 Å². The van der Waals surface area contributed by atoms with Crippen LogP contribution in [0.3, 0.4) is 0 Å². The Morgan fingerprint density at radius 1 is 1.33 bits per heavy atom. The Labute approximate surface area is 85.5 Å². The van der Waals surface area contributed by atoms with E-state index in [4.69, 9.17) is 5.11 Å². The smallest absolute Gasteiger partial charge is 0.315 e. The van der Waals surface area contributed by atoms with E-state index in [0.29, 0.717) is 5.56 Å². The molecule has 0 aliphatic heterocycles. The van der Waals surface area contributed by atoms with Crippen LogP contribution in [0.25, 0.3) is 0 Å². The summed E-state index contributed by atoms with van der Waals surface area (Å²) in [5.41, 5.74) is 0.458. The molecule has 0 unspecified atom stereocenters. The summed E-state index contributed by atoms with van der Waals surface area (Å²) in [6, 6.07) is 5.43. The molecule has 0 spiro atoms. The fraction of sp³-hybridized carbons (Fsp3) is 0.182. The first-order valence-corrected chi connectivity index (χ1v) is 4.18. The Kier molecular flexibility index (Phi) is 3.81. The number of aliphatic carboxylic acids is 1. The van der Waals surface area contributed by atoms with Gasteiger partial charge in [0.05, 0.1) is 0 Å². The van der Waals surface area contributed by atoms with Gasteiger partial charge in [0.2, 0.25) is 0 Å². The van der Waals surface area contributed by atoms with Gasteiger partial charge in [-0.1, -0.05) is 24.0 Å². The molecule has 0 radical (unpaired) electrons. The number of carboxylic acid groups (broad SMARTS) is 1. The highest BCUT2D eigenvalue weighted by atomic mass is 19.3. The molecular formula is C11H8F2O2. The molecule has 0 aliphatic carbocycles. The zero-order valence-electron chi connectivity index (χ0n) is 7.71. The average Bonchev–Trinajstić information content (AvgIpc) is 2.18. The number of rotatable bonds is 2. The van der Waals surface area contributed by atoms with E-state index in [1.54, 1.807) is 0 Å². The molecule has 1 aromatic carbocycles. The minimum absolute atomic E-state index is 0.0706. The predicted molar refractivity (Wildman–Crippen MR) is 50.5 cm³/mol. The Bertz CT molecular complexity index is 399. The molecule has 0 amide bonds. The summed E-state index contributed by atoms with van der Waals surface area (Å²) in [6.07, 6.45) is -2.75. The maximum Gasteiger partial charge on any atom is 0.315 e. The summed E-state index contributed by atoms with van der Waals surface area (Å²) >= 11 is 0. The van der Waals surface area contributed by atoms with Crippen LogP contribution in [0.15, 0.2) is 24.3 Å². The first-order valence-electron chi connectivity index (χ1n) is 4.18. The van der Waals surface area contributed by atoms with E-state index in [1.165, 1.54) is 24.3 Å². The third-order valence-electron chi connectivity index (χ3n) is 1.63. The fourth-order valence-electron chi connectivity index (χ4n) is 0.934. The SMILES string of the molecule is O=C(O)CC#Cc1ccc(C(F)F)cc1. The lowest BCUT2D eigenvalue weighted by Crippen LogP contribution is -1.90. The lowest BCUT2D eigenvalue weighted by molar-refractivity contribution is -0.135. The van der Waals surface area contributed by atoms with Crippen molar-refractivity contribution in [1.82, 2.24) is 0 Å². The first kappa shape index (κ1) is 11.2. The zero-order valence-corrected chi connectivity index (χ0v) is 7.71. The molecule has 0 atom stereocenters. The van der Waals surface area contributed by atoms with E-state index in [9.17, 15) is 13.6 Å². The molecule has 0 bridgehead atoms. The van der Waals surface area contributed by atoms with Crippen molar-refractivity contribution in [2.45, 2.75) is 12.8 Å². The van der Waals surface area contributed by atoms with Crippen LogP contribution in [0, 0.1) is 11.8 Å². The Hall–Kier alpha value is -1.89. The minimum atomic E-state index is -2.49. The van der Waals surface area contributed by atoms with Crippen LogP contribution in [0.2, 0.25) is 0 Å². The van der Waals surface area contributed by atoms with Crippen molar-refractivity contribution in [1.29, 1.82) is 0 Å². The fourth-order valence-corrected chi connectivity index (χ4v) is 0.934. The van der Waals surface area contributed by atoms with Gasteiger partial charge >= 0.3 is 5.97 Å². The highest BCUT2D eigenvalue weighted by Crippen LogP contribution is 2.18. The van der Waals surface area contributed by atoms with Crippen molar-refractivity contribution in [3.63, 3.8) is 0 Å². The molecule has 0 fully saturated rings. The van der Waals surface area contributed by atoms with E-state index >= 15 is 0 Å². The molecule has 1 N–H and O–H groups in total. The molecule has 78 valence electrons. The number of benzene rings is 1. The maximum absolute atomic E-state index is 12.1. The summed E-state index contributed by atoms with van der Waals surface area (Å²) in [6.45, 7) is 0. The molecule has 1 rings (SSSR count). The van der Waals surface area contributed by atoms with E-state index in [2.05, 4.69) is 11.8 Å². The van der Waals surface area contributed by atoms with Crippen LogP contribution in [-0.2, 0) is 4.79 Å². The first-order chi connectivity index (χ1) is 7.09. The van der Waals surface area contributed by atoms with Crippen LogP contribution in [0.5, 0.6) is 0 Å². The summed E-state index contributed by atoms with van der Waals surface area (Å²) < 4.78 is 24.3. The third-order valence-corrected chi connectivity index (χ3v) is 1.63. The van der Waals surface area contributed by atoms with Crippen LogP contribution in [-0.4, -0.2) is 11.1 Å². The number of carbonyl (C=O) groups is 1. The van der Waals surface area contributed by atoms with Crippen LogP contribution in [0.1, 0.15) is 24.0 Å². The zero-order chi connectivity index (χ0) is 11.3. The van der Waals surface area contributed by atoms with Gasteiger partial charge in [0.15, 0.2) is 0 Å². The van der Waals surface area contributed by atoms with Crippen molar-refractivity contribution in [2.24, 2.45) is 0 Å². The second-order valence-electron chi connectivity index (χ2n) is 2.79. The van der Waals surface area contributed by atoms with Gasteiger partial charge in [-0.2, -0.15) is 0 Å². The number of carboxylic acids is 1. The molecular weight excluding hydrogens is 202 g/mol. The number of hydrogen-bond acceptors (Lipinski definition) is 1. The van der Waals surface area contributed by atoms with Crippen LogP contribution in [0.4, 0.5) is 8.78 Å². The summed E-state index contributed by atoms with van der Waals surface area (Å²) in [4.78, 5) is 10.1. The van der Waals surface area contributed by atoms with Crippen molar-refractivity contribution < 1.29 is 18.7 Å². The summed E-state index contributed by atoms with van der Waals surface area (Å²) in [5.74, 6) is 3.97. The van der Waals surface area contributed by atoms with Gasteiger partial charge in [0.25, 0.3) is 6.43 Å². The normalized spacial score (nSPS) is 9.53. The van der Waals surface area contributed by atoms with E-state index in [0.717, 1.165) is 0 Å². The average molecular weight is 210 g/mol. The molecule has 0 aromatic heterocycles. The van der Waals surface area contributed by atoms with Crippen LogP contribution >= 0.6 is 0 Å².